The molecule has 0 bridgehead atoms. The summed E-state index contributed by atoms with van der Waals surface area (Å²) in [6, 6.07) is 13.7. The van der Waals surface area contributed by atoms with E-state index in [1.165, 1.54) is 6.92 Å². The minimum Gasteiger partial charge on any atom is -0.452 e. The summed E-state index contributed by atoms with van der Waals surface area (Å²) in [5.74, 6) is -1.21. The number of ketones is 1. The molecule has 2 rings (SSSR count). The summed E-state index contributed by atoms with van der Waals surface area (Å²) in [6.07, 6.45) is 0.882. The molecule has 5 heteroatoms. The standard InChI is InChI=1S/C19H19NO4/c1-3-14-8-10-15(11-9-14)19(23)24-12-18(22)20-17-7-5-4-6-16(17)13(2)21/h4-11H,3,12H2,1-2H3,(H,20,22). The monoisotopic (exact) mass is 325 g/mol. The largest absolute Gasteiger partial charge is 0.452 e. The number of carbonyl (C=O) groups excluding carboxylic acids is 3. The fraction of sp³-hybridized carbons (Fsp3) is 0.211. The number of ether oxygens (including phenoxy) is 1. The van der Waals surface area contributed by atoms with Gasteiger partial charge in [-0.1, -0.05) is 31.2 Å². The number of amides is 1. The van der Waals surface area contributed by atoms with Crippen molar-refractivity contribution in [3.05, 3.63) is 65.2 Å². The highest BCUT2D eigenvalue weighted by Crippen LogP contribution is 2.15. The predicted octanol–water partition coefficient (Wildman–Crippen LogP) is 3.25. The van der Waals surface area contributed by atoms with Crippen LogP contribution < -0.4 is 5.32 Å². The minimum atomic E-state index is -0.562. The zero-order valence-corrected chi connectivity index (χ0v) is 13.7. The molecular weight excluding hydrogens is 306 g/mol. The molecule has 0 radical (unpaired) electrons. The van der Waals surface area contributed by atoms with Crippen LogP contribution in [0.2, 0.25) is 0 Å². The first-order chi connectivity index (χ1) is 11.5. The molecule has 0 saturated carbocycles. The summed E-state index contributed by atoms with van der Waals surface area (Å²) in [7, 11) is 0. The number of carbonyl (C=O) groups is 3. The van der Waals surface area contributed by atoms with Gasteiger partial charge in [-0.3, -0.25) is 9.59 Å². The molecule has 124 valence electrons. The number of hydrogen-bond donors (Lipinski definition) is 1. The second kappa shape index (κ2) is 8.06. The summed E-state index contributed by atoms with van der Waals surface area (Å²) in [4.78, 5) is 35.4. The van der Waals surface area contributed by atoms with Gasteiger partial charge in [0.15, 0.2) is 12.4 Å². The fourth-order valence-corrected chi connectivity index (χ4v) is 2.18. The van der Waals surface area contributed by atoms with Crippen molar-refractivity contribution < 1.29 is 19.1 Å². The van der Waals surface area contributed by atoms with Crippen molar-refractivity contribution >= 4 is 23.3 Å². The van der Waals surface area contributed by atoms with Crippen molar-refractivity contribution in [3.63, 3.8) is 0 Å². The number of hydrogen-bond acceptors (Lipinski definition) is 4. The van der Waals surface area contributed by atoms with Gasteiger partial charge in [0, 0.05) is 5.56 Å². The van der Waals surface area contributed by atoms with Gasteiger partial charge in [0.1, 0.15) is 0 Å². The Morgan fingerprint density at radius 2 is 1.67 bits per heavy atom. The van der Waals surface area contributed by atoms with Gasteiger partial charge in [0.2, 0.25) is 0 Å². The fourth-order valence-electron chi connectivity index (χ4n) is 2.18. The zero-order chi connectivity index (χ0) is 17.5. The average molecular weight is 325 g/mol. The molecule has 0 aromatic heterocycles. The lowest BCUT2D eigenvalue weighted by Crippen LogP contribution is -2.22. The van der Waals surface area contributed by atoms with Crippen LogP contribution in [0.5, 0.6) is 0 Å². The molecule has 0 aliphatic rings. The molecule has 0 heterocycles. The van der Waals surface area contributed by atoms with Gasteiger partial charge in [-0.05, 0) is 43.2 Å². The maximum Gasteiger partial charge on any atom is 0.338 e. The van der Waals surface area contributed by atoms with Crippen molar-refractivity contribution in [2.45, 2.75) is 20.3 Å². The van der Waals surface area contributed by atoms with Crippen molar-refractivity contribution in [2.24, 2.45) is 0 Å². The first-order valence-electron chi connectivity index (χ1n) is 7.67. The summed E-state index contributed by atoms with van der Waals surface area (Å²) in [5.41, 5.74) is 2.32. The average Bonchev–Trinajstić information content (AvgIpc) is 2.60. The molecule has 24 heavy (non-hydrogen) atoms. The first-order valence-corrected chi connectivity index (χ1v) is 7.67. The van der Waals surface area contributed by atoms with E-state index in [1.807, 2.05) is 19.1 Å². The minimum absolute atomic E-state index is 0.154. The molecule has 2 aromatic rings. The van der Waals surface area contributed by atoms with Crippen LogP contribution in [0.3, 0.4) is 0 Å². The van der Waals surface area contributed by atoms with E-state index in [4.69, 9.17) is 4.74 Å². The Morgan fingerprint density at radius 3 is 2.29 bits per heavy atom. The smallest absolute Gasteiger partial charge is 0.338 e. The summed E-state index contributed by atoms with van der Waals surface area (Å²) >= 11 is 0. The Kier molecular flexibility index (Phi) is 5.84. The molecule has 2 aromatic carbocycles. The van der Waals surface area contributed by atoms with E-state index < -0.39 is 18.5 Å². The second-order valence-electron chi connectivity index (χ2n) is 5.28. The Morgan fingerprint density at radius 1 is 1.00 bits per heavy atom. The van der Waals surface area contributed by atoms with Crippen LogP contribution in [0.25, 0.3) is 0 Å². The molecule has 0 spiro atoms. The van der Waals surface area contributed by atoms with Crippen molar-refractivity contribution in [1.82, 2.24) is 0 Å². The molecule has 1 N–H and O–H groups in total. The topological polar surface area (TPSA) is 72.5 Å². The zero-order valence-electron chi connectivity index (χ0n) is 13.7. The quantitative estimate of drug-likeness (QED) is 0.653. The SMILES string of the molecule is CCc1ccc(C(=O)OCC(=O)Nc2ccccc2C(C)=O)cc1. The van der Waals surface area contributed by atoms with E-state index >= 15 is 0 Å². The second-order valence-corrected chi connectivity index (χ2v) is 5.28. The predicted molar refractivity (Wildman–Crippen MR) is 91.2 cm³/mol. The van der Waals surface area contributed by atoms with E-state index in [2.05, 4.69) is 5.32 Å². The van der Waals surface area contributed by atoms with Gasteiger partial charge >= 0.3 is 5.97 Å². The summed E-state index contributed by atoms with van der Waals surface area (Å²) in [5, 5.41) is 2.58. The number of esters is 1. The summed E-state index contributed by atoms with van der Waals surface area (Å²) in [6.45, 7) is 3.03. The van der Waals surface area contributed by atoms with Gasteiger partial charge in [0.05, 0.1) is 11.3 Å². The maximum atomic E-state index is 11.9. The number of anilines is 1. The van der Waals surface area contributed by atoms with Crippen LogP contribution in [0.1, 0.15) is 40.1 Å². The highest BCUT2D eigenvalue weighted by Gasteiger charge is 2.13. The molecule has 0 atom stereocenters. The lowest BCUT2D eigenvalue weighted by Gasteiger charge is -2.09. The highest BCUT2D eigenvalue weighted by molar-refractivity contribution is 6.04. The number of para-hydroxylation sites is 1. The summed E-state index contributed by atoms with van der Waals surface area (Å²) < 4.78 is 5.00. The van der Waals surface area contributed by atoms with Crippen LogP contribution in [0.15, 0.2) is 48.5 Å². The molecule has 0 aliphatic heterocycles. The van der Waals surface area contributed by atoms with E-state index in [0.717, 1.165) is 12.0 Å². The van der Waals surface area contributed by atoms with Crippen molar-refractivity contribution in [2.75, 3.05) is 11.9 Å². The first kappa shape index (κ1) is 17.4. The van der Waals surface area contributed by atoms with Gasteiger partial charge in [-0.2, -0.15) is 0 Å². The number of aryl methyl sites for hydroxylation is 1. The maximum absolute atomic E-state index is 11.9. The molecule has 5 nitrogen and oxygen atoms in total. The number of rotatable bonds is 6. The Hall–Kier alpha value is -2.95. The van der Waals surface area contributed by atoms with Gasteiger partial charge in [-0.15, -0.1) is 0 Å². The van der Waals surface area contributed by atoms with Gasteiger partial charge < -0.3 is 10.1 Å². The van der Waals surface area contributed by atoms with Crippen LogP contribution >= 0.6 is 0 Å². The third kappa shape index (κ3) is 4.52. The Balaban J connectivity index is 1.93. The molecule has 0 fully saturated rings. The Bertz CT molecular complexity index is 750. The van der Waals surface area contributed by atoms with Crippen LogP contribution in [0.4, 0.5) is 5.69 Å². The molecule has 0 unspecified atom stereocenters. The van der Waals surface area contributed by atoms with E-state index in [-0.39, 0.29) is 5.78 Å². The van der Waals surface area contributed by atoms with Gasteiger partial charge in [-0.25, -0.2) is 4.79 Å². The third-order valence-electron chi connectivity index (χ3n) is 3.51. The van der Waals surface area contributed by atoms with Crippen LogP contribution in [0, 0.1) is 0 Å². The van der Waals surface area contributed by atoms with E-state index in [9.17, 15) is 14.4 Å². The number of benzene rings is 2. The van der Waals surface area contributed by atoms with Gasteiger partial charge in [0.25, 0.3) is 5.91 Å². The van der Waals surface area contributed by atoms with E-state index in [1.54, 1.807) is 36.4 Å². The Labute approximate surface area is 140 Å². The third-order valence-corrected chi connectivity index (χ3v) is 3.51. The normalized spacial score (nSPS) is 10.1. The lowest BCUT2D eigenvalue weighted by atomic mass is 10.1. The molecule has 0 saturated heterocycles. The van der Waals surface area contributed by atoms with Crippen molar-refractivity contribution in [3.8, 4) is 0 Å². The molecule has 1 amide bonds. The van der Waals surface area contributed by atoms with Crippen LogP contribution in [-0.4, -0.2) is 24.3 Å². The molecule has 0 aliphatic carbocycles. The molecular formula is C19H19NO4. The number of Topliss-reactive ketones (excluding diaryl/α,β-unsaturated/α-hetero) is 1. The lowest BCUT2D eigenvalue weighted by molar-refractivity contribution is -0.119. The van der Waals surface area contributed by atoms with Crippen molar-refractivity contribution in [1.29, 1.82) is 0 Å². The number of nitrogens with one attached hydrogen (secondary N) is 1. The highest BCUT2D eigenvalue weighted by atomic mass is 16.5. The van der Waals surface area contributed by atoms with Crippen LogP contribution in [-0.2, 0) is 16.0 Å². The van der Waals surface area contributed by atoms with E-state index in [0.29, 0.717) is 16.8 Å².